The van der Waals surface area contributed by atoms with E-state index in [1.165, 1.54) is 12.1 Å². The Morgan fingerprint density at radius 3 is 2.47 bits per heavy atom. The van der Waals surface area contributed by atoms with Crippen LogP contribution in [-0.4, -0.2) is 4.92 Å². The maximum Gasteiger partial charge on any atom is 0.271 e. The van der Waals surface area contributed by atoms with E-state index >= 15 is 0 Å². The molecule has 0 atom stereocenters. The van der Waals surface area contributed by atoms with Crippen LogP contribution in [0.25, 0.3) is 0 Å². The molecule has 0 spiro atoms. The highest BCUT2D eigenvalue weighted by Crippen LogP contribution is 2.27. The number of rotatable bonds is 4. The molecule has 2 rings (SSSR count). The third-order valence-electron chi connectivity index (χ3n) is 2.59. The van der Waals surface area contributed by atoms with E-state index < -0.39 is 4.92 Å². The van der Waals surface area contributed by atoms with Crippen LogP contribution in [0.15, 0.2) is 42.5 Å². The van der Waals surface area contributed by atoms with Crippen molar-refractivity contribution in [1.82, 2.24) is 0 Å². The molecule has 19 heavy (non-hydrogen) atoms. The molecular weight excluding hydrogens is 287 g/mol. The molecule has 6 heteroatoms. The molecule has 1 N–H and O–H groups in total. The van der Waals surface area contributed by atoms with Gasteiger partial charge in [-0.1, -0.05) is 41.4 Å². The Morgan fingerprint density at radius 1 is 1.11 bits per heavy atom. The minimum Gasteiger partial charge on any atom is -0.380 e. The number of nitrogens with one attached hydrogen (secondary N) is 1. The van der Waals surface area contributed by atoms with Crippen LogP contribution in [0.1, 0.15) is 5.56 Å². The minimum absolute atomic E-state index is 0.0340. The number of hydrogen-bond acceptors (Lipinski definition) is 3. The van der Waals surface area contributed by atoms with Gasteiger partial charge in [0.25, 0.3) is 5.69 Å². The molecule has 2 aromatic rings. The Hall–Kier alpha value is -1.78. The lowest BCUT2D eigenvalue weighted by Crippen LogP contribution is -2.01. The molecule has 0 heterocycles. The molecule has 0 amide bonds. The molecule has 98 valence electrons. The van der Waals surface area contributed by atoms with Gasteiger partial charge in [-0.15, -0.1) is 0 Å². The summed E-state index contributed by atoms with van der Waals surface area (Å²) in [5.41, 5.74) is 1.53. The highest BCUT2D eigenvalue weighted by atomic mass is 35.5. The lowest BCUT2D eigenvalue weighted by atomic mass is 10.2. The fourth-order valence-corrected chi connectivity index (χ4v) is 2.04. The first-order chi connectivity index (χ1) is 9.08. The molecule has 4 nitrogen and oxygen atoms in total. The van der Waals surface area contributed by atoms with Gasteiger partial charge in [0.15, 0.2) is 0 Å². The predicted molar refractivity (Wildman–Crippen MR) is 76.9 cm³/mol. The molecular formula is C13H10Cl2N2O2. The number of benzene rings is 2. The Bertz CT molecular complexity index is 617. The van der Waals surface area contributed by atoms with Crippen LogP contribution in [0.3, 0.4) is 0 Å². The Balaban J connectivity index is 2.12. The zero-order valence-corrected chi connectivity index (χ0v) is 11.3. The van der Waals surface area contributed by atoms with Crippen LogP contribution in [0, 0.1) is 10.1 Å². The van der Waals surface area contributed by atoms with E-state index in [9.17, 15) is 10.1 Å². The van der Waals surface area contributed by atoms with Crippen LogP contribution >= 0.6 is 23.2 Å². The van der Waals surface area contributed by atoms with Crippen molar-refractivity contribution in [2.45, 2.75) is 6.54 Å². The maximum atomic E-state index is 10.6. The summed E-state index contributed by atoms with van der Waals surface area (Å²) in [5.74, 6) is 0. The summed E-state index contributed by atoms with van der Waals surface area (Å²) in [7, 11) is 0. The zero-order valence-electron chi connectivity index (χ0n) is 9.77. The Kier molecular flexibility index (Phi) is 4.24. The van der Waals surface area contributed by atoms with Crippen molar-refractivity contribution in [2.75, 3.05) is 5.32 Å². The average molecular weight is 297 g/mol. The number of anilines is 1. The standard InChI is InChI=1S/C13H10Cl2N2O2/c14-11-4-2-1-3-9(11)8-16-13-6-5-10(17(18)19)7-12(13)15/h1-7,16H,8H2. The number of nitrogens with zero attached hydrogens (tertiary/aromatic N) is 1. The van der Waals surface area contributed by atoms with Gasteiger partial charge in [-0.05, 0) is 17.7 Å². The number of halogens is 2. The second-order valence-electron chi connectivity index (χ2n) is 3.87. The molecule has 0 unspecified atom stereocenters. The molecule has 0 saturated heterocycles. The average Bonchev–Trinajstić information content (AvgIpc) is 2.39. The van der Waals surface area contributed by atoms with Gasteiger partial charge in [-0.2, -0.15) is 0 Å². The van der Waals surface area contributed by atoms with E-state index in [1.807, 2.05) is 18.2 Å². The topological polar surface area (TPSA) is 55.2 Å². The fraction of sp³-hybridized carbons (Fsp3) is 0.0769. The van der Waals surface area contributed by atoms with Crippen molar-refractivity contribution in [2.24, 2.45) is 0 Å². The van der Waals surface area contributed by atoms with Gasteiger partial charge < -0.3 is 5.32 Å². The van der Waals surface area contributed by atoms with Crippen molar-refractivity contribution < 1.29 is 4.92 Å². The largest absolute Gasteiger partial charge is 0.380 e. The van der Waals surface area contributed by atoms with E-state index in [-0.39, 0.29) is 5.69 Å². The van der Waals surface area contributed by atoms with Gasteiger partial charge in [-0.25, -0.2) is 0 Å². The number of nitro groups is 1. The second kappa shape index (κ2) is 5.91. The number of hydrogen-bond donors (Lipinski definition) is 1. The zero-order chi connectivity index (χ0) is 13.8. The van der Waals surface area contributed by atoms with Gasteiger partial charge in [0.1, 0.15) is 0 Å². The third-order valence-corrected chi connectivity index (χ3v) is 3.27. The lowest BCUT2D eigenvalue weighted by molar-refractivity contribution is -0.384. The van der Waals surface area contributed by atoms with Crippen LogP contribution in [0.2, 0.25) is 10.0 Å². The maximum absolute atomic E-state index is 10.6. The summed E-state index contributed by atoms with van der Waals surface area (Å²) in [6, 6.07) is 11.7. The molecule has 0 bridgehead atoms. The fourth-order valence-electron chi connectivity index (χ4n) is 1.59. The van der Waals surface area contributed by atoms with Gasteiger partial charge >= 0.3 is 0 Å². The van der Waals surface area contributed by atoms with Gasteiger partial charge in [0, 0.05) is 23.7 Å². The smallest absolute Gasteiger partial charge is 0.271 e. The summed E-state index contributed by atoms with van der Waals surface area (Å²) in [6.45, 7) is 0.497. The molecule has 0 aliphatic heterocycles. The van der Waals surface area contributed by atoms with Crippen molar-refractivity contribution in [3.8, 4) is 0 Å². The highest BCUT2D eigenvalue weighted by Gasteiger charge is 2.09. The second-order valence-corrected chi connectivity index (χ2v) is 4.68. The number of nitro benzene ring substituents is 1. The summed E-state index contributed by atoms with van der Waals surface area (Å²) >= 11 is 12.0. The van der Waals surface area contributed by atoms with Crippen LogP contribution in [0.4, 0.5) is 11.4 Å². The molecule has 0 aromatic heterocycles. The summed E-state index contributed by atoms with van der Waals surface area (Å²) in [6.07, 6.45) is 0. The van der Waals surface area contributed by atoms with E-state index in [0.29, 0.717) is 22.3 Å². The van der Waals surface area contributed by atoms with E-state index in [2.05, 4.69) is 5.32 Å². The molecule has 0 fully saturated rings. The first kappa shape index (κ1) is 13.6. The van der Waals surface area contributed by atoms with Crippen molar-refractivity contribution in [1.29, 1.82) is 0 Å². The van der Waals surface area contributed by atoms with Crippen molar-refractivity contribution in [3.05, 3.63) is 68.2 Å². The normalized spacial score (nSPS) is 10.2. The summed E-state index contributed by atoms with van der Waals surface area (Å²) in [5, 5.41) is 14.7. The van der Waals surface area contributed by atoms with E-state index in [4.69, 9.17) is 23.2 Å². The predicted octanol–water partition coefficient (Wildman–Crippen LogP) is 4.51. The Morgan fingerprint density at radius 2 is 1.84 bits per heavy atom. The van der Waals surface area contributed by atoms with E-state index in [1.54, 1.807) is 12.1 Å². The first-order valence-corrected chi connectivity index (χ1v) is 6.25. The Labute approximate surface area is 120 Å². The molecule has 0 radical (unpaired) electrons. The van der Waals surface area contributed by atoms with Gasteiger partial charge in [0.2, 0.25) is 0 Å². The summed E-state index contributed by atoms with van der Waals surface area (Å²) in [4.78, 5) is 10.1. The van der Waals surface area contributed by atoms with Crippen LogP contribution < -0.4 is 5.32 Å². The van der Waals surface area contributed by atoms with Gasteiger partial charge in [0.05, 0.1) is 15.6 Å². The van der Waals surface area contributed by atoms with Crippen molar-refractivity contribution in [3.63, 3.8) is 0 Å². The van der Waals surface area contributed by atoms with Gasteiger partial charge in [-0.3, -0.25) is 10.1 Å². The lowest BCUT2D eigenvalue weighted by Gasteiger charge is -2.09. The highest BCUT2D eigenvalue weighted by molar-refractivity contribution is 6.33. The minimum atomic E-state index is -0.482. The molecule has 0 aliphatic rings. The monoisotopic (exact) mass is 296 g/mol. The molecule has 0 saturated carbocycles. The number of non-ortho nitro benzene ring substituents is 1. The quantitative estimate of drug-likeness (QED) is 0.667. The molecule has 0 aliphatic carbocycles. The third kappa shape index (κ3) is 3.36. The van der Waals surface area contributed by atoms with E-state index in [0.717, 1.165) is 5.56 Å². The SMILES string of the molecule is O=[N+]([O-])c1ccc(NCc2ccccc2Cl)c(Cl)c1. The summed E-state index contributed by atoms with van der Waals surface area (Å²) < 4.78 is 0. The first-order valence-electron chi connectivity index (χ1n) is 5.49. The van der Waals surface area contributed by atoms with Crippen LogP contribution in [0.5, 0.6) is 0 Å². The molecule has 2 aromatic carbocycles. The van der Waals surface area contributed by atoms with Crippen molar-refractivity contribution >= 4 is 34.6 Å². The van der Waals surface area contributed by atoms with Crippen LogP contribution in [-0.2, 0) is 6.54 Å².